The Morgan fingerprint density at radius 3 is 2.45 bits per heavy atom. The van der Waals surface area contributed by atoms with E-state index in [4.69, 9.17) is 0 Å². The van der Waals surface area contributed by atoms with E-state index in [9.17, 15) is 8.78 Å². The van der Waals surface area contributed by atoms with Crippen molar-refractivity contribution in [3.63, 3.8) is 0 Å². The fourth-order valence-electron chi connectivity index (χ4n) is 3.39. The molecule has 0 bridgehead atoms. The van der Waals surface area contributed by atoms with E-state index >= 15 is 0 Å². The zero-order valence-corrected chi connectivity index (χ0v) is 14.2. The zero-order valence-electron chi connectivity index (χ0n) is 12.6. The second-order valence-electron chi connectivity index (χ2n) is 6.04. The Balaban J connectivity index is 0.00000121. The Morgan fingerprint density at radius 1 is 1.14 bits per heavy atom. The average Bonchev–Trinajstić information content (AvgIpc) is 2.79. The number of hydrogen-bond acceptors (Lipinski definition) is 2. The van der Waals surface area contributed by atoms with Crippen LogP contribution in [0.1, 0.15) is 36.3 Å². The first-order chi connectivity index (χ1) is 9.64. The highest BCUT2D eigenvalue weighted by Crippen LogP contribution is 2.31. The minimum absolute atomic E-state index is 0. The normalized spacial score (nSPS) is 21.9. The smallest absolute Gasteiger partial charge is 0.261 e. The molecule has 0 saturated carbocycles. The molecule has 2 heterocycles. The largest absolute Gasteiger partial charge is 0.317 e. The van der Waals surface area contributed by atoms with Crippen LogP contribution in [0.25, 0.3) is 0 Å². The summed E-state index contributed by atoms with van der Waals surface area (Å²) in [6, 6.07) is 8.38. The Labute approximate surface area is 143 Å². The SMILES string of the molecule is Cl.Cl.FC1(F)CCN(Cc2ccccc2C2CCNCC2)C1. The number of nitrogens with zero attached hydrogens (tertiary/aromatic N) is 1. The molecule has 0 aliphatic carbocycles. The summed E-state index contributed by atoms with van der Waals surface area (Å²) in [6.45, 7) is 3.19. The second-order valence-corrected chi connectivity index (χ2v) is 6.04. The van der Waals surface area contributed by atoms with Gasteiger partial charge in [-0.15, -0.1) is 24.8 Å². The Morgan fingerprint density at radius 2 is 1.82 bits per heavy atom. The van der Waals surface area contributed by atoms with Crippen LogP contribution >= 0.6 is 24.8 Å². The van der Waals surface area contributed by atoms with Gasteiger partial charge in [-0.1, -0.05) is 24.3 Å². The maximum absolute atomic E-state index is 13.3. The third-order valence-corrected chi connectivity index (χ3v) is 4.48. The van der Waals surface area contributed by atoms with Crippen LogP contribution in [0.15, 0.2) is 24.3 Å². The molecule has 2 saturated heterocycles. The lowest BCUT2D eigenvalue weighted by Gasteiger charge is -2.26. The van der Waals surface area contributed by atoms with E-state index in [-0.39, 0.29) is 37.8 Å². The van der Waals surface area contributed by atoms with E-state index in [2.05, 4.69) is 23.5 Å². The molecule has 2 aliphatic heterocycles. The summed E-state index contributed by atoms with van der Waals surface area (Å²) in [5, 5.41) is 3.38. The number of alkyl halides is 2. The van der Waals surface area contributed by atoms with Crippen molar-refractivity contribution >= 4 is 24.8 Å². The molecule has 126 valence electrons. The van der Waals surface area contributed by atoms with E-state index in [1.54, 1.807) is 0 Å². The zero-order chi connectivity index (χ0) is 14.0. The van der Waals surface area contributed by atoms with Gasteiger partial charge in [-0.25, -0.2) is 8.78 Å². The lowest BCUT2D eigenvalue weighted by molar-refractivity contribution is 0.0115. The van der Waals surface area contributed by atoms with Crippen molar-refractivity contribution in [3.8, 4) is 0 Å². The van der Waals surface area contributed by atoms with E-state index in [1.807, 2.05) is 11.0 Å². The van der Waals surface area contributed by atoms with E-state index < -0.39 is 5.92 Å². The quantitative estimate of drug-likeness (QED) is 0.888. The number of likely N-dealkylation sites (tertiary alicyclic amines) is 1. The van der Waals surface area contributed by atoms with Crippen molar-refractivity contribution < 1.29 is 8.78 Å². The lowest BCUT2D eigenvalue weighted by atomic mass is 9.87. The first-order valence-electron chi connectivity index (χ1n) is 7.53. The van der Waals surface area contributed by atoms with Crippen molar-refractivity contribution in [1.29, 1.82) is 0 Å². The third kappa shape index (κ3) is 4.79. The Hall–Kier alpha value is -0.420. The highest BCUT2D eigenvalue weighted by molar-refractivity contribution is 5.85. The summed E-state index contributed by atoms with van der Waals surface area (Å²) in [5.41, 5.74) is 2.60. The van der Waals surface area contributed by atoms with Crippen LogP contribution < -0.4 is 5.32 Å². The summed E-state index contributed by atoms with van der Waals surface area (Å²) >= 11 is 0. The number of benzene rings is 1. The first kappa shape index (κ1) is 19.6. The summed E-state index contributed by atoms with van der Waals surface area (Å²) < 4.78 is 26.6. The van der Waals surface area contributed by atoms with E-state index in [0.29, 0.717) is 19.0 Å². The highest BCUT2D eigenvalue weighted by Gasteiger charge is 2.38. The first-order valence-corrected chi connectivity index (χ1v) is 7.53. The number of halogens is 4. The summed E-state index contributed by atoms with van der Waals surface area (Å²) in [5.74, 6) is -1.92. The molecule has 0 amide bonds. The van der Waals surface area contributed by atoms with Gasteiger partial charge < -0.3 is 5.32 Å². The molecule has 2 aliphatic rings. The second kappa shape index (κ2) is 8.44. The maximum atomic E-state index is 13.3. The van der Waals surface area contributed by atoms with Crippen molar-refractivity contribution in [3.05, 3.63) is 35.4 Å². The molecule has 22 heavy (non-hydrogen) atoms. The van der Waals surface area contributed by atoms with Gasteiger partial charge in [-0.3, -0.25) is 4.90 Å². The number of nitrogens with one attached hydrogen (secondary N) is 1. The monoisotopic (exact) mass is 352 g/mol. The van der Waals surface area contributed by atoms with Gasteiger partial charge in [0.1, 0.15) is 0 Å². The van der Waals surface area contributed by atoms with Crippen molar-refractivity contribution in [2.45, 2.75) is 37.6 Å². The van der Waals surface area contributed by atoms with Gasteiger partial charge in [-0.2, -0.15) is 0 Å². The third-order valence-electron chi connectivity index (χ3n) is 4.48. The minimum Gasteiger partial charge on any atom is -0.317 e. The van der Waals surface area contributed by atoms with Gasteiger partial charge in [-0.05, 0) is 43.0 Å². The van der Waals surface area contributed by atoms with Crippen LogP contribution in [0, 0.1) is 0 Å². The van der Waals surface area contributed by atoms with Crippen molar-refractivity contribution in [2.24, 2.45) is 0 Å². The predicted molar refractivity (Wildman–Crippen MR) is 90.6 cm³/mol. The number of hydrogen-bond donors (Lipinski definition) is 1. The molecule has 2 nitrogen and oxygen atoms in total. The molecule has 0 spiro atoms. The summed E-state index contributed by atoms with van der Waals surface area (Å²) in [7, 11) is 0. The molecule has 0 unspecified atom stereocenters. The van der Waals surface area contributed by atoms with Crippen LogP contribution in [-0.4, -0.2) is 37.0 Å². The molecule has 1 aromatic rings. The van der Waals surface area contributed by atoms with Gasteiger partial charge >= 0.3 is 0 Å². The standard InChI is InChI=1S/C16H22F2N2.2ClH/c17-16(18)7-10-20(12-16)11-14-3-1-2-4-15(14)13-5-8-19-9-6-13;;/h1-4,13,19H,5-12H2;2*1H. The van der Waals surface area contributed by atoms with Crippen LogP contribution in [0.4, 0.5) is 8.78 Å². The molecule has 1 aromatic carbocycles. The van der Waals surface area contributed by atoms with Crippen LogP contribution in [0.2, 0.25) is 0 Å². The van der Waals surface area contributed by atoms with Gasteiger partial charge in [0.25, 0.3) is 5.92 Å². The number of rotatable bonds is 3. The molecular formula is C16H24Cl2F2N2. The average molecular weight is 353 g/mol. The molecule has 1 N–H and O–H groups in total. The molecule has 0 aromatic heterocycles. The fourth-order valence-corrected chi connectivity index (χ4v) is 3.39. The molecule has 6 heteroatoms. The van der Waals surface area contributed by atoms with Gasteiger partial charge in [0.2, 0.25) is 0 Å². The lowest BCUT2D eigenvalue weighted by Crippen LogP contribution is -2.28. The number of piperidine rings is 1. The highest BCUT2D eigenvalue weighted by atomic mass is 35.5. The molecule has 0 atom stereocenters. The van der Waals surface area contributed by atoms with E-state index in [1.165, 1.54) is 11.1 Å². The maximum Gasteiger partial charge on any atom is 0.261 e. The van der Waals surface area contributed by atoms with Crippen molar-refractivity contribution in [1.82, 2.24) is 10.2 Å². The van der Waals surface area contributed by atoms with Crippen molar-refractivity contribution in [2.75, 3.05) is 26.2 Å². The minimum atomic E-state index is -2.50. The van der Waals surface area contributed by atoms with Crippen LogP contribution in [-0.2, 0) is 6.54 Å². The van der Waals surface area contributed by atoms with Gasteiger partial charge in [0.15, 0.2) is 0 Å². The van der Waals surface area contributed by atoms with E-state index in [0.717, 1.165) is 25.9 Å². The molecule has 0 radical (unpaired) electrons. The van der Waals surface area contributed by atoms with Gasteiger partial charge in [0.05, 0.1) is 6.54 Å². The molecule has 2 fully saturated rings. The molecular weight excluding hydrogens is 329 g/mol. The topological polar surface area (TPSA) is 15.3 Å². The molecule has 3 rings (SSSR count). The predicted octanol–water partition coefficient (Wildman–Crippen LogP) is 3.84. The van der Waals surface area contributed by atoms with Gasteiger partial charge in [0, 0.05) is 19.5 Å². The summed E-state index contributed by atoms with van der Waals surface area (Å²) in [6.07, 6.45) is 2.29. The Bertz CT molecular complexity index is 465. The van der Waals surface area contributed by atoms with Crippen LogP contribution in [0.3, 0.4) is 0 Å². The Kier molecular flexibility index (Phi) is 7.53. The van der Waals surface area contributed by atoms with Crippen LogP contribution in [0.5, 0.6) is 0 Å². The fraction of sp³-hybridized carbons (Fsp3) is 0.625. The summed E-state index contributed by atoms with van der Waals surface area (Å²) in [4.78, 5) is 1.89.